The second-order valence-electron chi connectivity index (χ2n) is 3.13. The largest absolute Gasteiger partial charge is 0.382 e. The van der Waals surface area contributed by atoms with E-state index >= 15 is 0 Å². The molecule has 0 atom stereocenters. The average molecular weight is 242 g/mol. The summed E-state index contributed by atoms with van der Waals surface area (Å²) in [5.74, 6) is 6.31. The van der Waals surface area contributed by atoms with Gasteiger partial charge >= 0.3 is 0 Å². The molecule has 0 aliphatic heterocycles. The highest BCUT2D eigenvalue weighted by Gasteiger charge is 1.99. The van der Waals surface area contributed by atoms with Crippen molar-refractivity contribution in [3.05, 3.63) is 12.2 Å². The molecule has 0 aromatic carbocycles. The van der Waals surface area contributed by atoms with E-state index in [0.29, 0.717) is 24.9 Å². The molecule has 96 valence electrons. The summed E-state index contributed by atoms with van der Waals surface area (Å²) in [6, 6.07) is 0. The second kappa shape index (κ2) is 8.48. The molecule has 8 heteroatoms. The summed E-state index contributed by atoms with van der Waals surface area (Å²) in [5.41, 5.74) is 2.47. The number of nitrogens with two attached hydrogens (primary N) is 1. The molecule has 0 spiro atoms. The molecule has 1 heterocycles. The highest BCUT2D eigenvalue weighted by atomic mass is 16.5. The first kappa shape index (κ1) is 13.4. The third-order valence-corrected chi connectivity index (χ3v) is 1.88. The number of hydrazine groups is 1. The third-order valence-electron chi connectivity index (χ3n) is 1.88. The Hall–Kier alpha value is -1.67. The van der Waals surface area contributed by atoms with Gasteiger partial charge in [0.1, 0.15) is 6.54 Å². The highest BCUT2D eigenvalue weighted by molar-refractivity contribution is 5.79. The van der Waals surface area contributed by atoms with E-state index in [1.165, 1.54) is 6.39 Å². The van der Waals surface area contributed by atoms with Gasteiger partial charge in [0.05, 0.1) is 0 Å². The summed E-state index contributed by atoms with van der Waals surface area (Å²) in [7, 11) is 0. The number of aliphatic imine (C=N–C) groups is 1. The second-order valence-corrected chi connectivity index (χ2v) is 3.13. The van der Waals surface area contributed by atoms with Crippen molar-refractivity contribution in [1.29, 1.82) is 0 Å². The van der Waals surface area contributed by atoms with E-state index in [4.69, 9.17) is 10.6 Å². The molecule has 0 unspecified atom stereocenters. The Labute approximate surface area is 99.6 Å². The van der Waals surface area contributed by atoms with Gasteiger partial charge in [0.2, 0.25) is 12.4 Å². The van der Waals surface area contributed by atoms with E-state index in [2.05, 4.69) is 30.4 Å². The van der Waals surface area contributed by atoms with Gasteiger partial charge in [-0.05, 0) is 13.3 Å². The molecular weight excluding hydrogens is 224 g/mol. The minimum absolute atomic E-state index is 0.314. The number of aromatic nitrogens is 2. The molecule has 0 bridgehead atoms. The van der Waals surface area contributed by atoms with E-state index < -0.39 is 0 Å². The van der Waals surface area contributed by atoms with Crippen LogP contribution in [-0.4, -0.2) is 35.9 Å². The third kappa shape index (κ3) is 5.83. The van der Waals surface area contributed by atoms with E-state index in [-0.39, 0.29) is 0 Å². The molecule has 0 aliphatic carbocycles. The molecule has 0 aliphatic rings. The smallest absolute Gasteiger partial charge is 0.213 e. The lowest BCUT2D eigenvalue weighted by molar-refractivity contribution is 0.145. The van der Waals surface area contributed by atoms with Crippen molar-refractivity contribution >= 4 is 5.96 Å². The summed E-state index contributed by atoms with van der Waals surface area (Å²) >= 11 is 0. The fraction of sp³-hybridized carbons (Fsp3) is 0.667. The minimum atomic E-state index is 0.314. The molecule has 0 amide bonds. The molecule has 0 radical (unpaired) electrons. The van der Waals surface area contributed by atoms with Crippen LogP contribution in [0, 0.1) is 0 Å². The standard InChI is InChI=1S/C9H18N6O2/c1-2-16-5-3-4-11-9(14-10)12-6-8-13-7-17-15-8/h7H,2-6,10H2,1H3,(H2,11,12,14). The molecule has 4 N–H and O–H groups in total. The number of guanidine groups is 1. The van der Waals surface area contributed by atoms with Gasteiger partial charge in [0, 0.05) is 19.8 Å². The van der Waals surface area contributed by atoms with Crippen molar-refractivity contribution in [2.45, 2.75) is 19.9 Å². The minimum Gasteiger partial charge on any atom is -0.382 e. The molecule has 8 nitrogen and oxygen atoms in total. The van der Waals surface area contributed by atoms with E-state index in [9.17, 15) is 0 Å². The van der Waals surface area contributed by atoms with Crippen LogP contribution in [0.3, 0.4) is 0 Å². The monoisotopic (exact) mass is 242 g/mol. The van der Waals surface area contributed by atoms with Crippen LogP contribution in [0.4, 0.5) is 0 Å². The van der Waals surface area contributed by atoms with Gasteiger partial charge < -0.3 is 14.6 Å². The average Bonchev–Trinajstić information content (AvgIpc) is 2.86. The lowest BCUT2D eigenvalue weighted by Crippen LogP contribution is -2.42. The van der Waals surface area contributed by atoms with Crippen molar-refractivity contribution in [1.82, 2.24) is 20.9 Å². The summed E-state index contributed by atoms with van der Waals surface area (Å²) in [6.45, 7) is 4.45. The topological polar surface area (TPSA) is 111 Å². The molecule has 1 aromatic rings. The first-order valence-electron chi connectivity index (χ1n) is 5.44. The summed E-state index contributed by atoms with van der Waals surface area (Å²) in [6.07, 6.45) is 2.15. The van der Waals surface area contributed by atoms with Crippen molar-refractivity contribution in [3.63, 3.8) is 0 Å². The Balaban J connectivity index is 2.20. The molecule has 1 rings (SSSR count). The first-order chi connectivity index (χ1) is 8.36. The Morgan fingerprint density at radius 2 is 2.53 bits per heavy atom. The van der Waals surface area contributed by atoms with Gasteiger partial charge in [-0.1, -0.05) is 5.16 Å². The van der Waals surface area contributed by atoms with Crippen LogP contribution in [0.2, 0.25) is 0 Å². The fourth-order valence-corrected chi connectivity index (χ4v) is 1.09. The van der Waals surface area contributed by atoms with Crippen LogP contribution in [-0.2, 0) is 11.3 Å². The van der Waals surface area contributed by atoms with Crippen LogP contribution >= 0.6 is 0 Å². The maximum atomic E-state index is 5.31. The Kier molecular flexibility index (Phi) is 6.68. The first-order valence-corrected chi connectivity index (χ1v) is 5.44. The molecule has 0 fully saturated rings. The predicted octanol–water partition coefficient (Wildman–Crippen LogP) is -0.595. The number of hydrogen-bond acceptors (Lipinski definition) is 6. The lowest BCUT2D eigenvalue weighted by atomic mass is 10.4. The van der Waals surface area contributed by atoms with Crippen LogP contribution in [0.15, 0.2) is 15.9 Å². The lowest BCUT2D eigenvalue weighted by Gasteiger charge is -2.08. The SMILES string of the molecule is CCOCCCNC(=NCc1ncon1)NN. The number of nitrogens with zero attached hydrogens (tertiary/aromatic N) is 3. The van der Waals surface area contributed by atoms with Gasteiger partial charge in [0.25, 0.3) is 0 Å². The van der Waals surface area contributed by atoms with E-state index in [1.54, 1.807) is 0 Å². The number of nitrogens with one attached hydrogen (secondary N) is 2. The van der Waals surface area contributed by atoms with Crippen molar-refractivity contribution in [3.8, 4) is 0 Å². The van der Waals surface area contributed by atoms with E-state index in [0.717, 1.165) is 19.6 Å². The van der Waals surface area contributed by atoms with Gasteiger partial charge in [-0.25, -0.2) is 10.8 Å². The van der Waals surface area contributed by atoms with Gasteiger partial charge in [-0.3, -0.25) is 5.43 Å². The molecular formula is C9H18N6O2. The van der Waals surface area contributed by atoms with Gasteiger partial charge in [-0.15, -0.1) is 0 Å². The van der Waals surface area contributed by atoms with Crippen molar-refractivity contribution in [2.24, 2.45) is 10.8 Å². The highest BCUT2D eigenvalue weighted by Crippen LogP contribution is 1.90. The van der Waals surface area contributed by atoms with Crippen LogP contribution < -0.4 is 16.6 Å². The maximum absolute atomic E-state index is 5.31. The zero-order valence-corrected chi connectivity index (χ0v) is 9.85. The molecule has 1 aromatic heterocycles. The van der Waals surface area contributed by atoms with Crippen molar-refractivity contribution < 1.29 is 9.26 Å². The van der Waals surface area contributed by atoms with Gasteiger partial charge in [-0.2, -0.15) is 4.98 Å². The van der Waals surface area contributed by atoms with Crippen LogP contribution in [0.25, 0.3) is 0 Å². The Morgan fingerprint density at radius 3 is 3.18 bits per heavy atom. The van der Waals surface area contributed by atoms with Crippen LogP contribution in [0.5, 0.6) is 0 Å². The number of rotatable bonds is 7. The quantitative estimate of drug-likeness (QED) is 0.192. The number of ether oxygens (including phenoxy) is 1. The maximum Gasteiger partial charge on any atom is 0.213 e. The van der Waals surface area contributed by atoms with E-state index in [1.807, 2.05) is 6.92 Å². The normalized spacial score (nSPS) is 11.5. The van der Waals surface area contributed by atoms with Crippen molar-refractivity contribution in [2.75, 3.05) is 19.8 Å². The van der Waals surface area contributed by atoms with Crippen LogP contribution in [0.1, 0.15) is 19.2 Å². The van der Waals surface area contributed by atoms with Gasteiger partial charge in [0.15, 0.2) is 5.82 Å². The number of hydrogen-bond donors (Lipinski definition) is 3. The molecule has 17 heavy (non-hydrogen) atoms. The Bertz CT molecular complexity index is 313. The summed E-state index contributed by atoms with van der Waals surface area (Å²) in [5, 5.41) is 6.67. The molecule has 0 saturated heterocycles. The zero-order valence-electron chi connectivity index (χ0n) is 9.85. The summed E-state index contributed by atoms with van der Waals surface area (Å²) in [4.78, 5) is 7.99. The summed E-state index contributed by atoms with van der Waals surface area (Å²) < 4.78 is 9.79. The Morgan fingerprint density at radius 1 is 1.65 bits per heavy atom. The fourth-order valence-electron chi connectivity index (χ4n) is 1.09. The predicted molar refractivity (Wildman–Crippen MR) is 61.9 cm³/mol. The zero-order chi connectivity index (χ0) is 12.3. The molecule has 0 saturated carbocycles.